The molecule has 0 spiro atoms. The Labute approximate surface area is 183 Å². The van der Waals surface area contributed by atoms with E-state index in [0.717, 1.165) is 53.2 Å². The monoisotopic (exact) mass is 424 g/mol. The number of para-hydroxylation sites is 2. The Balaban J connectivity index is 1.70. The van der Waals surface area contributed by atoms with E-state index in [-0.39, 0.29) is 12.6 Å². The minimum Gasteiger partial charge on any atom is -0.396 e. The average molecular weight is 425 g/mol. The van der Waals surface area contributed by atoms with E-state index in [1.54, 1.807) is 0 Å². The zero-order valence-electron chi connectivity index (χ0n) is 18.6. The van der Waals surface area contributed by atoms with Crippen LogP contribution in [0.15, 0.2) is 24.3 Å². The largest absolute Gasteiger partial charge is 0.396 e. The van der Waals surface area contributed by atoms with Gasteiger partial charge in [-0.25, -0.2) is 9.97 Å². The van der Waals surface area contributed by atoms with E-state index >= 15 is 0 Å². The van der Waals surface area contributed by atoms with Gasteiger partial charge in [0.2, 0.25) is 5.95 Å². The number of nitrogens with one attached hydrogen (secondary N) is 2. The van der Waals surface area contributed by atoms with Gasteiger partial charge in [0, 0.05) is 32.8 Å². The molecule has 2 atom stereocenters. The Hall–Kier alpha value is -2.71. The van der Waals surface area contributed by atoms with Crippen LogP contribution in [-0.2, 0) is 11.8 Å². The highest BCUT2D eigenvalue weighted by Gasteiger charge is 2.27. The molecule has 0 radical (unpaired) electrons. The number of rotatable bonds is 9. The first-order valence-electron chi connectivity index (χ1n) is 11.1. The van der Waals surface area contributed by atoms with Crippen molar-refractivity contribution in [2.24, 2.45) is 13.0 Å². The predicted octanol–water partition coefficient (Wildman–Crippen LogP) is 3.36. The van der Waals surface area contributed by atoms with Gasteiger partial charge in [-0.15, -0.1) is 0 Å². The lowest BCUT2D eigenvalue weighted by molar-refractivity contribution is 0.158. The van der Waals surface area contributed by atoms with Crippen molar-refractivity contribution in [3.8, 4) is 11.4 Å². The van der Waals surface area contributed by atoms with Gasteiger partial charge in [0.15, 0.2) is 0 Å². The van der Waals surface area contributed by atoms with Gasteiger partial charge in [-0.05, 0) is 51.2 Å². The summed E-state index contributed by atoms with van der Waals surface area (Å²) >= 11 is 0. The zero-order valence-corrected chi connectivity index (χ0v) is 18.6. The Kier molecular flexibility index (Phi) is 6.67. The molecule has 8 nitrogen and oxygen atoms in total. The maximum Gasteiger partial charge on any atom is 0.224 e. The summed E-state index contributed by atoms with van der Waals surface area (Å²) in [5.41, 5.74) is 3.81. The molecule has 1 aromatic carbocycles. The Morgan fingerprint density at radius 3 is 2.77 bits per heavy atom. The molecule has 0 saturated heterocycles. The number of aliphatic hydroxyl groups excluding tert-OH is 1. The highest BCUT2D eigenvalue weighted by atomic mass is 16.5. The molecule has 3 aromatic rings. The molecule has 3 N–H and O–H groups in total. The van der Waals surface area contributed by atoms with E-state index in [9.17, 15) is 5.11 Å². The number of anilines is 2. The summed E-state index contributed by atoms with van der Waals surface area (Å²) < 4.78 is 7.52. The fourth-order valence-corrected chi connectivity index (χ4v) is 4.34. The number of aliphatic hydroxyl groups is 1. The Morgan fingerprint density at radius 1 is 1.19 bits per heavy atom. The first kappa shape index (κ1) is 21.5. The van der Waals surface area contributed by atoms with Crippen molar-refractivity contribution < 1.29 is 9.84 Å². The van der Waals surface area contributed by atoms with E-state index in [1.165, 1.54) is 0 Å². The fraction of sp³-hybridized carbons (Fsp3) is 0.522. The minimum atomic E-state index is 0.239. The first-order valence-corrected chi connectivity index (χ1v) is 11.1. The second-order valence-corrected chi connectivity index (χ2v) is 8.17. The van der Waals surface area contributed by atoms with Gasteiger partial charge in [0.05, 0.1) is 28.9 Å². The molecule has 2 aromatic heterocycles. The number of nitrogens with zero attached hydrogens (tertiary/aromatic N) is 4. The predicted molar refractivity (Wildman–Crippen MR) is 123 cm³/mol. The maximum absolute atomic E-state index is 9.54. The quantitative estimate of drug-likeness (QED) is 0.453. The van der Waals surface area contributed by atoms with Crippen molar-refractivity contribution in [1.29, 1.82) is 0 Å². The number of aryl methyl sites for hydroxylation is 2. The Bertz CT molecular complexity index is 1030. The van der Waals surface area contributed by atoms with E-state index in [0.29, 0.717) is 31.6 Å². The van der Waals surface area contributed by atoms with Crippen molar-refractivity contribution in [3.05, 3.63) is 30.0 Å². The van der Waals surface area contributed by atoms with Crippen molar-refractivity contribution in [3.63, 3.8) is 0 Å². The topological polar surface area (TPSA) is 97.1 Å². The average Bonchev–Trinajstić information content (AvgIpc) is 3.36. The number of hydrogen-bond acceptors (Lipinski definition) is 7. The van der Waals surface area contributed by atoms with E-state index in [2.05, 4.69) is 21.3 Å². The van der Waals surface area contributed by atoms with Gasteiger partial charge in [-0.2, -0.15) is 4.98 Å². The highest BCUT2D eigenvalue weighted by molar-refractivity contribution is 5.84. The van der Waals surface area contributed by atoms with Gasteiger partial charge >= 0.3 is 0 Å². The van der Waals surface area contributed by atoms with Gasteiger partial charge < -0.3 is 25.0 Å². The SMILES string of the molecule is CCOCCNc1nc(C)c(-c2nc3ccccc3n2C)c(N[C@H]2CC[C@@H](CO)C2)n1. The summed E-state index contributed by atoms with van der Waals surface area (Å²) in [7, 11) is 2.03. The molecule has 0 amide bonds. The van der Waals surface area contributed by atoms with Crippen LogP contribution in [0, 0.1) is 12.8 Å². The van der Waals surface area contributed by atoms with Crippen LogP contribution in [-0.4, -0.2) is 57.0 Å². The number of benzene rings is 1. The van der Waals surface area contributed by atoms with Gasteiger partial charge in [-0.3, -0.25) is 0 Å². The van der Waals surface area contributed by atoms with Gasteiger partial charge in [-0.1, -0.05) is 12.1 Å². The third kappa shape index (κ3) is 4.65. The molecule has 0 aliphatic heterocycles. The minimum absolute atomic E-state index is 0.239. The van der Waals surface area contributed by atoms with Gasteiger partial charge in [0.1, 0.15) is 11.6 Å². The van der Waals surface area contributed by atoms with E-state index in [1.807, 2.05) is 39.1 Å². The highest BCUT2D eigenvalue weighted by Crippen LogP contribution is 2.34. The number of ether oxygens (including phenoxy) is 1. The number of fused-ring (bicyclic) bond motifs is 1. The van der Waals surface area contributed by atoms with Crippen LogP contribution >= 0.6 is 0 Å². The molecule has 0 unspecified atom stereocenters. The molecule has 1 aliphatic carbocycles. The first-order chi connectivity index (χ1) is 15.1. The third-order valence-corrected chi connectivity index (χ3v) is 5.97. The lowest BCUT2D eigenvalue weighted by Crippen LogP contribution is -2.20. The van der Waals surface area contributed by atoms with Crippen molar-refractivity contribution in [1.82, 2.24) is 19.5 Å². The smallest absolute Gasteiger partial charge is 0.224 e. The molecule has 166 valence electrons. The van der Waals surface area contributed by atoms with Crippen LogP contribution in [0.5, 0.6) is 0 Å². The molecule has 2 heterocycles. The number of aromatic nitrogens is 4. The van der Waals surface area contributed by atoms with E-state index < -0.39 is 0 Å². The van der Waals surface area contributed by atoms with Crippen molar-refractivity contribution in [2.45, 2.75) is 39.2 Å². The summed E-state index contributed by atoms with van der Waals surface area (Å²) in [5, 5.41) is 16.5. The molecule has 31 heavy (non-hydrogen) atoms. The third-order valence-electron chi connectivity index (χ3n) is 5.97. The molecule has 8 heteroatoms. The van der Waals surface area contributed by atoms with Gasteiger partial charge in [0.25, 0.3) is 0 Å². The molecule has 0 bridgehead atoms. The second kappa shape index (κ2) is 9.62. The molecule has 1 saturated carbocycles. The van der Waals surface area contributed by atoms with Crippen LogP contribution in [0.25, 0.3) is 22.4 Å². The number of imidazole rings is 1. The summed E-state index contributed by atoms with van der Waals surface area (Å²) in [5.74, 6) is 2.56. The second-order valence-electron chi connectivity index (χ2n) is 8.17. The maximum atomic E-state index is 9.54. The molecular weight excluding hydrogens is 392 g/mol. The summed E-state index contributed by atoms with van der Waals surface area (Å²) in [6.45, 7) is 6.16. The molecule has 1 fully saturated rings. The standard InChI is InChI=1S/C23H32N6O2/c1-4-31-12-11-24-23-25-15(2)20(21(28-23)26-17-10-9-16(13-17)14-30)22-27-18-7-5-6-8-19(18)29(22)3/h5-8,16-17,30H,4,9-14H2,1-3H3,(H2,24,25,26,28)/t16-,17+/m1/s1. The van der Waals surface area contributed by atoms with Crippen molar-refractivity contribution in [2.75, 3.05) is 37.0 Å². The fourth-order valence-electron chi connectivity index (χ4n) is 4.34. The summed E-state index contributed by atoms with van der Waals surface area (Å²) in [6, 6.07) is 8.39. The zero-order chi connectivity index (χ0) is 21.8. The number of hydrogen-bond donors (Lipinski definition) is 3. The summed E-state index contributed by atoms with van der Waals surface area (Å²) in [4.78, 5) is 14.4. The normalized spacial score (nSPS) is 18.6. The van der Waals surface area contributed by atoms with Crippen LogP contribution in [0.1, 0.15) is 31.9 Å². The van der Waals surface area contributed by atoms with E-state index in [4.69, 9.17) is 19.7 Å². The van der Waals surface area contributed by atoms with Crippen LogP contribution in [0.2, 0.25) is 0 Å². The van der Waals surface area contributed by atoms with Crippen LogP contribution < -0.4 is 10.6 Å². The van der Waals surface area contributed by atoms with Crippen LogP contribution in [0.3, 0.4) is 0 Å². The molecule has 1 aliphatic rings. The lowest BCUT2D eigenvalue weighted by atomic mass is 10.1. The Morgan fingerprint density at radius 2 is 2.03 bits per heavy atom. The molecule has 4 rings (SSSR count). The lowest BCUT2D eigenvalue weighted by Gasteiger charge is -2.19. The summed E-state index contributed by atoms with van der Waals surface area (Å²) in [6.07, 6.45) is 2.98. The van der Waals surface area contributed by atoms with Crippen molar-refractivity contribution >= 4 is 22.8 Å². The molecular formula is C23H32N6O2. The van der Waals surface area contributed by atoms with Crippen LogP contribution in [0.4, 0.5) is 11.8 Å².